The molecule has 2 amide bonds. The number of halogens is 3. The fraction of sp³-hybridized carbons (Fsp3) is 0.500. The molecule has 0 saturated carbocycles. The quantitative estimate of drug-likeness (QED) is 0.764. The molecule has 140 valence electrons. The lowest BCUT2D eigenvalue weighted by molar-refractivity contribution is -0.143. The van der Waals surface area contributed by atoms with E-state index < -0.39 is 36.9 Å². The molecule has 0 fully saturated rings. The number of hydrogen-bond donors (Lipinski definition) is 2. The zero-order chi connectivity index (χ0) is 19.0. The van der Waals surface area contributed by atoms with Crippen LogP contribution in [0.3, 0.4) is 0 Å². The van der Waals surface area contributed by atoms with Crippen molar-refractivity contribution < 1.29 is 27.8 Å². The van der Waals surface area contributed by atoms with Gasteiger partial charge in [-0.3, -0.25) is 4.79 Å². The topological polar surface area (TPSA) is 76.7 Å². The van der Waals surface area contributed by atoms with E-state index in [1.807, 2.05) is 0 Å². The standard InChI is InChI=1S/C16H21ClF2N2O4/c1-16(2,3)25-15(23)21-12(9-24-14(18)19)13(22)20-8-10-4-6-11(17)7-5-10/h4-7,12,14H,8-9H2,1-3H3,(H,20,22)(H,21,23)/t12-/m1/s1. The Hall–Kier alpha value is -1.93. The minimum Gasteiger partial charge on any atom is -0.444 e. The Labute approximate surface area is 149 Å². The van der Waals surface area contributed by atoms with Gasteiger partial charge in [-0.2, -0.15) is 8.78 Å². The van der Waals surface area contributed by atoms with E-state index in [0.717, 1.165) is 5.56 Å². The first-order valence-corrected chi connectivity index (χ1v) is 7.86. The predicted octanol–water partition coefficient (Wildman–Crippen LogP) is 3.09. The van der Waals surface area contributed by atoms with Gasteiger partial charge in [-0.15, -0.1) is 0 Å². The summed E-state index contributed by atoms with van der Waals surface area (Å²) < 4.78 is 33.6. The van der Waals surface area contributed by atoms with Crippen molar-refractivity contribution in [2.24, 2.45) is 0 Å². The first-order chi connectivity index (χ1) is 11.6. The summed E-state index contributed by atoms with van der Waals surface area (Å²) in [7, 11) is 0. The normalized spacial score (nSPS) is 12.6. The van der Waals surface area contributed by atoms with Crippen LogP contribution in [-0.2, 0) is 20.8 Å². The summed E-state index contributed by atoms with van der Waals surface area (Å²) in [6.45, 7) is 1.29. The lowest BCUT2D eigenvalue weighted by atomic mass is 10.2. The van der Waals surface area contributed by atoms with Crippen molar-refractivity contribution in [2.75, 3.05) is 6.61 Å². The molecule has 1 aromatic rings. The third kappa shape index (κ3) is 9.21. The number of carbonyl (C=O) groups is 2. The zero-order valence-corrected chi connectivity index (χ0v) is 14.9. The second kappa shape index (κ2) is 9.53. The van der Waals surface area contributed by atoms with Crippen LogP contribution in [0.1, 0.15) is 26.3 Å². The molecule has 0 bridgehead atoms. The van der Waals surface area contributed by atoms with Crippen molar-refractivity contribution in [1.82, 2.24) is 10.6 Å². The van der Waals surface area contributed by atoms with Crippen LogP contribution >= 0.6 is 11.6 Å². The van der Waals surface area contributed by atoms with E-state index in [0.29, 0.717) is 5.02 Å². The third-order valence-electron chi connectivity index (χ3n) is 2.78. The van der Waals surface area contributed by atoms with Gasteiger partial charge in [-0.25, -0.2) is 4.79 Å². The van der Waals surface area contributed by atoms with Gasteiger partial charge in [0.15, 0.2) is 0 Å². The Morgan fingerprint density at radius 2 is 1.80 bits per heavy atom. The maximum atomic E-state index is 12.2. The van der Waals surface area contributed by atoms with Crippen LogP contribution in [0.5, 0.6) is 0 Å². The van der Waals surface area contributed by atoms with Crippen molar-refractivity contribution in [3.8, 4) is 0 Å². The lowest BCUT2D eigenvalue weighted by Crippen LogP contribution is -2.50. The molecule has 1 aromatic carbocycles. The van der Waals surface area contributed by atoms with Crippen LogP contribution in [0.15, 0.2) is 24.3 Å². The first-order valence-electron chi connectivity index (χ1n) is 7.48. The number of carbonyl (C=O) groups excluding carboxylic acids is 2. The molecule has 0 spiro atoms. The van der Waals surface area contributed by atoms with E-state index in [1.54, 1.807) is 45.0 Å². The SMILES string of the molecule is CC(C)(C)OC(=O)N[C@H](COC(F)F)C(=O)NCc1ccc(Cl)cc1. The Morgan fingerprint density at radius 1 is 1.20 bits per heavy atom. The molecule has 0 saturated heterocycles. The van der Waals surface area contributed by atoms with Crippen molar-refractivity contribution in [2.45, 2.75) is 45.6 Å². The van der Waals surface area contributed by atoms with E-state index in [-0.39, 0.29) is 6.54 Å². The number of ether oxygens (including phenoxy) is 2. The average Bonchev–Trinajstić information content (AvgIpc) is 2.48. The molecule has 0 aliphatic carbocycles. The molecule has 6 nitrogen and oxygen atoms in total. The molecule has 0 aliphatic rings. The van der Waals surface area contributed by atoms with Crippen molar-refractivity contribution in [1.29, 1.82) is 0 Å². The fourth-order valence-electron chi connectivity index (χ4n) is 1.72. The highest BCUT2D eigenvalue weighted by atomic mass is 35.5. The van der Waals surface area contributed by atoms with Crippen molar-refractivity contribution in [3.05, 3.63) is 34.9 Å². The second-order valence-corrected chi connectivity index (χ2v) is 6.57. The Morgan fingerprint density at radius 3 is 2.32 bits per heavy atom. The van der Waals surface area contributed by atoms with Crippen molar-refractivity contribution >= 4 is 23.6 Å². The molecule has 0 aliphatic heterocycles. The molecular weight excluding hydrogens is 358 g/mol. The average molecular weight is 379 g/mol. The summed E-state index contributed by atoms with van der Waals surface area (Å²) in [5.41, 5.74) is -0.0404. The zero-order valence-electron chi connectivity index (χ0n) is 14.1. The fourth-order valence-corrected chi connectivity index (χ4v) is 1.84. The Balaban J connectivity index is 2.64. The van der Waals surface area contributed by atoms with Gasteiger partial charge in [-0.05, 0) is 38.5 Å². The van der Waals surface area contributed by atoms with E-state index >= 15 is 0 Å². The summed E-state index contributed by atoms with van der Waals surface area (Å²) in [4.78, 5) is 23.9. The number of benzene rings is 1. The van der Waals surface area contributed by atoms with Crippen LogP contribution in [0, 0.1) is 0 Å². The van der Waals surface area contributed by atoms with Crippen LogP contribution in [0.25, 0.3) is 0 Å². The number of alkyl carbamates (subject to hydrolysis) is 1. The number of hydrogen-bond acceptors (Lipinski definition) is 4. The van der Waals surface area contributed by atoms with Gasteiger partial charge in [0.2, 0.25) is 5.91 Å². The molecule has 0 aromatic heterocycles. The maximum Gasteiger partial charge on any atom is 0.408 e. The second-order valence-electron chi connectivity index (χ2n) is 6.14. The number of amides is 2. The van der Waals surface area contributed by atoms with Crippen LogP contribution in [0.4, 0.5) is 13.6 Å². The molecule has 1 atom stereocenters. The number of nitrogens with one attached hydrogen (secondary N) is 2. The van der Waals surface area contributed by atoms with Gasteiger partial charge in [-0.1, -0.05) is 23.7 Å². The highest BCUT2D eigenvalue weighted by molar-refractivity contribution is 6.30. The highest BCUT2D eigenvalue weighted by Crippen LogP contribution is 2.10. The van der Waals surface area contributed by atoms with Gasteiger partial charge in [0, 0.05) is 11.6 Å². The molecule has 0 radical (unpaired) electrons. The molecular formula is C16H21ClF2N2O4. The van der Waals surface area contributed by atoms with Crippen LogP contribution in [0.2, 0.25) is 5.02 Å². The summed E-state index contributed by atoms with van der Waals surface area (Å²) >= 11 is 5.77. The van der Waals surface area contributed by atoms with Gasteiger partial charge < -0.3 is 20.1 Å². The van der Waals surface area contributed by atoms with Crippen LogP contribution < -0.4 is 10.6 Å². The minimum absolute atomic E-state index is 0.136. The lowest BCUT2D eigenvalue weighted by Gasteiger charge is -2.23. The van der Waals surface area contributed by atoms with Gasteiger partial charge in [0.25, 0.3) is 0 Å². The van der Waals surface area contributed by atoms with Crippen LogP contribution in [-0.4, -0.2) is 36.9 Å². The van der Waals surface area contributed by atoms with E-state index in [4.69, 9.17) is 16.3 Å². The van der Waals surface area contributed by atoms with Gasteiger partial charge in [0.05, 0.1) is 6.61 Å². The van der Waals surface area contributed by atoms with Gasteiger partial charge in [0.1, 0.15) is 11.6 Å². The molecule has 9 heteroatoms. The Kier molecular flexibility index (Phi) is 8.05. The summed E-state index contributed by atoms with van der Waals surface area (Å²) in [5, 5.41) is 5.30. The molecule has 0 heterocycles. The number of alkyl halides is 2. The highest BCUT2D eigenvalue weighted by Gasteiger charge is 2.25. The molecule has 1 rings (SSSR count). The minimum atomic E-state index is -3.06. The summed E-state index contributed by atoms with van der Waals surface area (Å²) in [5.74, 6) is -0.679. The largest absolute Gasteiger partial charge is 0.444 e. The summed E-state index contributed by atoms with van der Waals surface area (Å²) in [6.07, 6.45) is -0.906. The van der Waals surface area contributed by atoms with E-state index in [9.17, 15) is 18.4 Å². The smallest absolute Gasteiger partial charge is 0.408 e. The predicted molar refractivity (Wildman–Crippen MR) is 88.4 cm³/mol. The summed E-state index contributed by atoms with van der Waals surface area (Å²) in [6, 6.07) is 5.39. The van der Waals surface area contributed by atoms with Crippen molar-refractivity contribution in [3.63, 3.8) is 0 Å². The monoisotopic (exact) mass is 378 g/mol. The molecule has 0 unspecified atom stereocenters. The molecule has 25 heavy (non-hydrogen) atoms. The Bertz CT molecular complexity index is 576. The van der Waals surface area contributed by atoms with E-state index in [1.165, 1.54) is 0 Å². The number of rotatable bonds is 7. The van der Waals surface area contributed by atoms with E-state index in [2.05, 4.69) is 15.4 Å². The molecule has 2 N–H and O–H groups in total. The third-order valence-corrected chi connectivity index (χ3v) is 3.03. The maximum absolute atomic E-state index is 12.2. The first kappa shape index (κ1) is 21.1. The van der Waals surface area contributed by atoms with Gasteiger partial charge >= 0.3 is 12.7 Å².